The Labute approximate surface area is 125 Å². The lowest BCUT2D eigenvalue weighted by atomic mass is 9.87. The van der Waals surface area contributed by atoms with Gasteiger partial charge in [-0.05, 0) is 12.3 Å². The van der Waals surface area contributed by atoms with Crippen molar-refractivity contribution in [2.24, 2.45) is 11.8 Å². The van der Waals surface area contributed by atoms with Crippen molar-refractivity contribution in [2.45, 2.75) is 52.3 Å². The van der Waals surface area contributed by atoms with Crippen LogP contribution in [0.4, 0.5) is 0 Å². The van der Waals surface area contributed by atoms with Crippen molar-refractivity contribution in [3.05, 3.63) is 0 Å². The number of carbonyl (C=O) groups excluding carboxylic acids is 2. The molecule has 1 aliphatic rings. The summed E-state index contributed by atoms with van der Waals surface area (Å²) in [6.07, 6.45) is 1.22. The lowest BCUT2D eigenvalue weighted by Gasteiger charge is -2.50. The summed E-state index contributed by atoms with van der Waals surface area (Å²) in [4.78, 5) is 30.5. The minimum atomic E-state index is -1.74. The zero-order valence-electron chi connectivity index (χ0n) is 13.6. The summed E-state index contributed by atoms with van der Waals surface area (Å²) >= 11 is 0. The van der Waals surface area contributed by atoms with E-state index in [2.05, 4.69) is 0 Å². The van der Waals surface area contributed by atoms with E-state index in [-0.39, 0.29) is 11.8 Å². The van der Waals surface area contributed by atoms with E-state index < -0.39 is 23.6 Å². The highest BCUT2D eigenvalue weighted by Crippen LogP contribution is 2.36. The van der Waals surface area contributed by atoms with Crippen LogP contribution in [0, 0.1) is 11.8 Å². The molecule has 0 bridgehead atoms. The van der Waals surface area contributed by atoms with Crippen molar-refractivity contribution >= 4 is 11.8 Å². The van der Waals surface area contributed by atoms with Gasteiger partial charge in [-0.1, -0.05) is 34.1 Å². The van der Waals surface area contributed by atoms with Crippen LogP contribution in [-0.4, -0.2) is 53.1 Å². The molecule has 21 heavy (non-hydrogen) atoms. The second kappa shape index (κ2) is 6.72. The smallest absolute Gasteiger partial charge is 0.302 e. The van der Waals surface area contributed by atoms with Gasteiger partial charge in [0.15, 0.2) is 0 Å². The van der Waals surface area contributed by atoms with Gasteiger partial charge in [-0.15, -0.1) is 0 Å². The summed E-state index contributed by atoms with van der Waals surface area (Å²) in [5.41, 5.74) is -1.74. The first kappa shape index (κ1) is 17.9. The van der Waals surface area contributed by atoms with Gasteiger partial charge in [0.2, 0.25) is 0 Å². The van der Waals surface area contributed by atoms with E-state index in [1.807, 2.05) is 20.8 Å². The Balaban J connectivity index is 3.36. The Morgan fingerprint density at radius 3 is 2.19 bits per heavy atom. The first-order valence-corrected chi connectivity index (χ1v) is 7.29. The fourth-order valence-corrected chi connectivity index (χ4v) is 2.73. The van der Waals surface area contributed by atoms with Crippen LogP contribution in [0.3, 0.4) is 0 Å². The number of ether oxygens (including phenoxy) is 1. The summed E-state index contributed by atoms with van der Waals surface area (Å²) in [7, 11) is 2.64. The van der Waals surface area contributed by atoms with Crippen LogP contribution >= 0.6 is 0 Å². The maximum atomic E-state index is 12.8. The van der Waals surface area contributed by atoms with Gasteiger partial charge in [0.05, 0.1) is 7.11 Å². The molecular weight excluding hydrogens is 276 g/mol. The molecule has 0 aromatic heterocycles. The van der Waals surface area contributed by atoms with Crippen LogP contribution in [0.25, 0.3) is 0 Å². The summed E-state index contributed by atoms with van der Waals surface area (Å²) in [5, 5.41) is 11.8. The first-order chi connectivity index (χ1) is 9.83. The van der Waals surface area contributed by atoms with Gasteiger partial charge in [-0.2, -0.15) is 5.06 Å². The fraction of sp³-hybridized carbons (Fsp3) is 0.857. The Morgan fingerprint density at radius 2 is 1.81 bits per heavy atom. The third-order valence-electron chi connectivity index (χ3n) is 4.51. The van der Waals surface area contributed by atoms with E-state index in [9.17, 15) is 14.8 Å². The van der Waals surface area contributed by atoms with E-state index in [0.717, 1.165) is 5.06 Å². The summed E-state index contributed by atoms with van der Waals surface area (Å²) in [5.74, 6) is -1.69. The summed E-state index contributed by atoms with van der Waals surface area (Å²) < 4.78 is 5.30. The molecule has 1 rings (SSSR count). The second-order valence-electron chi connectivity index (χ2n) is 5.50. The fourth-order valence-electron chi connectivity index (χ4n) is 2.73. The van der Waals surface area contributed by atoms with Crippen molar-refractivity contribution in [1.29, 1.82) is 0 Å². The van der Waals surface area contributed by atoms with Gasteiger partial charge >= 0.3 is 5.91 Å². The van der Waals surface area contributed by atoms with Crippen molar-refractivity contribution < 1.29 is 24.4 Å². The molecule has 0 radical (unpaired) electrons. The van der Waals surface area contributed by atoms with Gasteiger partial charge in [0, 0.05) is 13.0 Å². The number of methoxy groups -OCH3 is 1. The molecule has 0 saturated carbocycles. The maximum Gasteiger partial charge on any atom is 0.302 e. The van der Waals surface area contributed by atoms with E-state index >= 15 is 0 Å². The number of carbonyl (C=O) groups is 2. The average molecular weight is 302 g/mol. The monoisotopic (exact) mass is 302 g/mol. The summed E-state index contributed by atoms with van der Waals surface area (Å²) in [6, 6.07) is -0.857. The molecule has 2 amide bonds. The Hall–Kier alpha value is -1.18. The topological polar surface area (TPSA) is 79.3 Å². The SMILES string of the molecule is CC[C@H](C)C1C(=O)N(O)C(OC)([C@@H](C)CC)C(=O)N1OC. The van der Waals surface area contributed by atoms with Crippen LogP contribution in [0.15, 0.2) is 0 Å². The van der Waals surface area contributed by atoms with Crippen LogP contribution in [-0.2, 0) is 19.2 Å². The number of hydrogen-bond acceptors (Lipinski definition) is 5. The van der Waals surface area contributed by atoms with Crippen molar-refractivity contribution in [2.75, 3.05) is 14.2 Å². The van der Waals surface area contributed by atoms with Gasteiger partial charge < -0.3 is 4.74 Å². The van der Waals surface area contributed by atoms with E-state index in [4.69, 9.17) is 9.57 Å². The highest BCUT2D eigenvalue weighted by atomic mass is 16.7. The minimum Gasteiger partial charge on any atom is -0.349 e. The molecule has 2 unspecified atom stereocenters. The summed E-state index contributed by atoms with van der Waals surface area (Å²) in [6.45, 7) is 7.34. The average Bonchev–Trinajstić information content (AvgIpc) is 2.50. The van der Waals surface area contributed by atoms with Crippen molar-refractivity contribution in [1.82, 2.24) is 10.1 Å². The number of nitrogens with zero attached hydrogens (tertiary/aromatic N) is 2. The lowest BCUT2D eigenvalue weighted by molar-refractivity contribution is -0.312. The molecule has 4 atom stereocenters. The maximum absolute atomic E-state index is 12.8. The molecule has 1 heterocycles. The Kier molecular flexibility index (Phi) is 5.72. The number of rotatable bonds is 6. The highest BCUT2D eigenvalue weighted by molar-refractivity contribution is 5.97. The quantitative estimate of drug-likeness (QED) is 0.751. The molecule has 1 saturated heterocycles. The first-order valence-electron chi connectivity index (χ1n) is 7.29. The van der Waals surface area contributed by atoms with E-state index in [0.29, 0.717) is 17.9 Å². The molecular formula is C14H26N2O5. The zero-order chi connectivity index (χ0) is 16.4. The molecule has 1 fully saturated rings. The van der Waals surface area contributed by atoms with Crippen LogP contribution < -0.4 is 0 Å². The van der Waals surface area contributed by atoms with Crippen molar-refractivity contribution in [3.63, 3.8) is 0 Å². The second-order valence-corrected chi connectivity index (χ2v) is 5.50. The van der Waals surface area contributed by atoms with Crippen molar-refractivity contribution in [3.8, 4) is 0 Å². The highest BCUT2D eigenvalue weighted by Gasteiger charge is 2.61. The number of hydroxylamine groups is 4. The van der Waals surface area contributed by atoms with Gasteiger partial charge in [0.25, 0.3) is 11.6 Å². The molecule has 0 aromatic rings. The zero-order valence-corrected chi connectivity index (χ0v) is 13.6. The number of hydrogen-bond donors (Lipinski definition) is 1. The van der Waals surface area contributed by atoms with Gasteiger partial charge in [-0.3, -0.25) is 19.6 Å². The van der Waals surface area contributed by atoms with Gasteiger partial charge in [0.1, 0.15) is 6.04 Å². The van der Waals surface area contributed by atoms with E-state index in [1.165, 1.54) is 14.2 Å². The Morgan fingerprint density at radius 1 is 1.24 bits per heavy atom. The minimum absolute atomic E-state index is 0.150. The van der Waals surface area contributed by atoms with Crippen LogP contribution in [0.2, 0.25) is 0 Å². The predicted octanol–water partition coefficient (Wildman–Crippen LogP) is 1.41. The molecule has 0 aliphatic carbocycles. The van der Waals surface area contributed by atoms with Gasteiger partial charge in [-0.25, -0.2) is 5.06 Å². The van der Waals surface area contributed by atoms with Crippen LogP contribution in [0.1, 0.15) is 40.5 Å². The standard InChI is InChI=1S/C14H26N2O5/c1-7-9(3)11-12(17)16(19)14(20-5,10(4)8-2)13(18)15(11)21-6/h9-11,19H,7-8H2,1-6H3/t9-,10-,11?,14?/m0/s1. The predicted molar refractivity (Wildman–Crippen MR) is 74.9 cm³/mol. The lowest BCUT2D eigenvalue weighted by Crippen LogP contribution is -2.74. The molecule has 7 heteroatoms. The third kappa shape index (κ3) is 2.54. The van der Waals surface area contributed by atoms with Crippen LogP contribution in [0.5, 0.6) is 0 Å². The van der Waals surface area contributed by atoms with E-state index in [1.54, 1.807) is 6.92 Å². The molecule has 1 N–H and O–H groups in total. The Bertz CT molecular complexity index is 403. The normalized spacial score (nSPS) is 29.8. The molecule has 0 spiro atoms. The number of amides is 2. The molecule has 0 aromatic carbocycles. The third-order valence-corrected chi connectivity index (χ3v) is 4.51. The molecule has 122 valence electrons. The largest absolute Gasteiger partial charge is 0.349 e. The number of piperazine rings is 1. The molecule has 1 aliphatic heterocycles. The molecule has 7 nitrogen and oxygen atoms in total.